The van der Waals surface area contributed by atoms with E-state index in [1.807, 2.05) is 0 Å². The maximum absolute atomic E-state index is 12.5. The molecule has 2 aromatic heterocycles. The molecule has 1 amide bonds. The third-order valence-corrected chi connectivity index (χ3v) is 6.48. The molecule has 0 saturated carbocycles. The predicted molar refractivity (Wildman–Crippen MR) is 88.1 cm³/mol. The summed E-state index contributed by atoms with van der Waals surface area (Å²) in [7, 11) is -3.77. The highest BCUT2D eigenvalue weighted by atomic mass is 32.2. The van der Waals surface area contributed by atoms with E-state index in [4.69, 9.17) is 4.52 Å². The number of hydrogen-bond acceptors (Lipinski definition) is 7. The second-order valence-corrected chi connectivity index (χ2v) is 8.57. The molecule has 3 rings (SSSR count). The van der Waals surface area contributed by atoms with Crippen molar-refractivity contribution in [3.8, 4) is 10.7 Å². The Labute approximate surface area is 143 Å². The normalized spacial score (nSPS) is 15.2. The van der Waals surface area contributed by atoms with Crippen molar-refractivity contribution in [3.63, 3.8) is 0 Å². The number of rotatable bonds is 5. The van der Waals surface area contributed by atoms with E-state index in [1.54, 1.807) is 18.7 Å². The molecule has 130 valence electrons. The lowest BCUT2D eigenvalue weighted by Crippen LogP contribution is -2.38. The number of carbonyl (C=O) groups excluding carboxylic acids is 1. The largest absolute Gasteiger partial charge is 0.342 e. The minimum absolute atomic E-state index is 0.138. The van der Waals surface area contributed by atoms with Crippen LogP contribution in [0.25, 0.3) is 10.7 Å². The molecule has 0 radical (unpaired) electrons. The van der Waals surface area contributed by atoms with Crippen molar-refractivity contribution < 1.29 is 17.7 Å². The SMILES string of the molecule is Cc1nc(-c2cc(S(=O)(=O)NCC(=O)N3CCCC3)c(C)s2)no1. The first-order valence-corrected chi connectivity index (χ1v) is 9.85. The molecule has 0 bridgehead atoms. The zero-order chi connectivity index (χ0) is 17.3. The molecule has 1 aliphatic rings. The number of sulfonamides is 1. The Hall–Kier alpha value is -1.78. The van der Waals surface area contributed by atoms with Gasteiger partial charge in [0.05, 0.1) is 16.3 Å². The highest BCUT2D eigenvalue weighted by Gasteiger charge is 2.24. The van der Waals surface area contributed by atoms with Gasteiger partial charge >= 0.3 is 0 Å². The smallest absolute Gasteiger partial charge is 0.242 e. The molecule has 1 N–H and O–H groups in total. The summed E-state index contributed by atoms with van der Waals surface area (Å²) >= 11 is 1.27. The molecule has 0 aliphatic carbocycles. The van der Waals surface area contributed by atoms with Gasteiger partial charge in [-0.1, -0.05) is 5.16 Å². The Morgan fingerprint density at radius 3 is 2.71 bits per heavy atom. The van der Waals surface area contributed by atoms with Crippen molar-refractivity contribution in [1.29, 1.82) is 0 Å². The lowest BCUT2D eigenvalue weighted by molar-refractivity contribution is -0.128. The molecular formula is C14H18N4O4S2. The van der Waals surface area contributed by atoms with Crippen molar-refractivity contribution >= 4 is 27.3 Å². The first-order valence-electron chi connectivity index (χ1n) is 7.55. The predicted octanol–water partition coefficient (Wildman–Crippen LogP) is 1.32. The minimum atomic E-state index is -3.77. The lowest BCUT2D eigenvalue weighted by atomic mass is 10.4. The van der Waals surface area contributed by atoms with Crippen LogP contribution in [-0.2, 0) is 14.8 Å². The van der Waals surface area contributed by atoms with Crippen molar-refractivity contribution in [2.45, 2.75) is 31.6 Å². The molecule has 3 heterocycles. The van der Waals surface area contributed by atoms with Crippen LogP contribution >= 0.6 is 11.3 Å². The molecule has 0 unspecified atom stereocenters. The van der Waals surface area contributed by atoms with Crippen LogP contribution in [0.5, 0.6) is 0 Å². The van der Waals surface area contributed by atoms with Gasteiger partial charge in [-0.05, 0) is 25.8 Å². The highest BCUT2D eigenvalue weighted by molar-refractivity contribution is 7.89. The van der Waals surface area contributed by atoms with Crippen molar-refractivity contribution in [2.24, 2.45) is 0 Å². The van der Waals surface area contributed by atoms with Gasteiger partial charge in [0.25, 0.3) is 0 Å². The molecule has 0 spiro atoms. The molecular weight excluding hydrogens is 352 g/mol. The maximum atomic E-state index is 12.5. The molecule has 1 aliphatic heterocycles. The van der Waals surface area contributed by atoms with E-state index < -0.39 is 10.0 Å². The standard InChI is InChI=1S/C14H18N4O4S2/c1-9-12(7-11(23-9)14-16-10(2)22-17-14)24(20,21)15-8-13(19)18-5-3-4-6-18/h7,15H,3-6,8H2,1-2H3. The van der Waals surface area contributed by atoms with Gasteiger partial charge in [-0.15, -0.1) is 11.3 Å². The van der Waals surface area contributed by atoms with Crippen LogP contribution in [0.2, 0.25) is 0 Å². The van der Waals surface area contributed by atoms with Crippen LogP contribution in [0.3, 0.4) is 0 Å². The first kappa shape index (κ1) is 17.1. The summed E-state index contributed by atoms with van der Waals surface area (Å²) in [6.07, 6.45) is 1.94. The molecule has 10 heteroatoms. The molecule has 0 atom stereocenters. The molecule has 1 saturated heterocycles. The van der Waals surface area contributed by atoms with E-state index in [2.05, 4.69) is 14.9 Å². The zero-order valence-corrected chi connectivity index (χ0v) is 15.0. The van der Waals surface area contributed by atoms with Gasteiger partial charge in [-0.2, -0.15) is 4.98 Å². The van der Waals surface area contributed by atoms with Crippen LogP contribution in [0.15, 0.2) is 15.5 Å². The number of hydrogen-bond donors (Lipinski definition) is 1. The number of aryl methyl sites for hydroxylation is 2. The Balaban J connectivity index is 1.74. The van der Waals surface area contributed by atoms with Crippen molar-refractivity contribution in [3.05, 3.63) is 16.8 Å². The van der Waals surface area contributed by atoms with Crippen LogP contribution in [0, 0.1) is 13.8 Å². The maximum Gasteiger partial charge on any atom is 0.242 e. The Morgan fingerprint density at radius 2 is 2.08 bits per heavy atom. The summed E-state index contributed by atoms with van der Waals surface area (Å²) < 4.78 is 32.3. The number of likely N-dealkylation sites (tertiary alicyclic amines) is 1. The van der Waals surface area contributed by atoms with E-state index in [9.17, 15) is 13.2 Å². The fraction of sp³-hybridized carbons (Fsp3) is 0.500. The van der Waals surface area contributed by atoms with E-state index in [1.165, 1.54) is 17.4 Å². The Morgan fingerprint density at radius 1 is 1.38 bits per heavy atom. The topological polar surface area (TPSA) is 105 Å². The number of amides is 1. The number of carbonyl (C=O) groups is 1. The average Bonchev–Trinajstić information content (AvgIpc) is 3.25. The summed E-state index contributed by atoms with van der Waals surface area (Å²) in [6.45, 7) is 4.53. The van der Waals surface area contributed by atoms with Crippen LogP contribution < -0.4 is 4.72 Å². The van der Waals surface area contributed by atoms with Gasteiger partial charge in [0.15, 0.2) is 0 Å². The van der Waals surface area contributed by atoms with Gasteiger partial charge in [0, 0.05) is 24.9 Å². The second kappa shape index (κ2) is 6.61. The average molecular weight is 370 g/mol. The molecule has 2 aromatic rings. The molecule has 0 aromatic carbocycles. The third-order valence-electron chi connectivity index (χ3n) is 3.78. The van der Waals surface area contributed by atoms with E-state index in [-0.39, 0.29) is 17.3 Å². The molecule has 24 heavy (non-hydrogen) atoms. The summed E-state index contributed by atoms with van der Waals surface area (Å²) in [5, 5.41) is 3.80. The summed E-state index contributed by atoms with van der Waals surface area (Å²) in [6, 6.07) is 1.51. The summed E-state index contributed by atoms with van der Waals surface area (Å²) in [5.41, 5.74) is 0. The Bertz CT molecular complexity index is 850. The summed E-state index contributed by atoms with van der Waals surface area (Å²) in [5.74, 6) is 0.572. The Kier molecular flexibility index (Phi) is 4.70. The number of nitrogens with zero attached hydrogens (tertiary/aromatic N) is 3. The summed E-state index contributed by atoms with van der Waals surface area (Å²) in [4.78, 5) is 19.1. The van der Waals surface area contributed by atoms with Crippen molar-refractivity contribution in [1.82, 2.24) is 19.8 Å². The van der Waals surface area contributed by atoms with Gasteiger partial charge in [-0.25, -0.2) is 13.1 Å². The van der Waals surface area contributed by atoms with Crippen LogP contribution in [0.1, 0.15) is 23.6 Å². The van der Waals surface area contributed by atoms with Crippen LogP contribution in [-0.4, -0.2) is 49.0 Å². The monoisotopic (exact) mass is 370 g/mol. The van der Waals surface area contributed by atoms with Gasteiger partial charge < -0.3 is 9.42 Å². The van der Waals surface area contributed by atoms with Gasteiger partial charge in [0.1, 0.15) is 0 Å². The quantitative estimate of drug-likeness (QED) is 0.851. The lowest BCUT2D eigenvalue weighted by Gasteiger charge is -2.15. The van der Waals surface area contributed by atoms with E-state index in [0.29, 0.717) is 34.6 Å². The number of aromatic nitrogens is 2. The van der Waals surface area contributed by atoms with E-state index in [0.717, 1.165) is 12.8 Å². The minimum Gasteiger partial charge on any atom is -0.342 e. The van der Waals surface area contributed by atoms with Crippen LogP contribution in [0.4, 0.5) is 0 Å². The third kappa shape index (κ3) is 3.50. The van der Waals surface area contributed by atoms with Gasteiger partial charge in [-0.3, -0.25) is 4.79 Å². The van der Waals surface area contributed by atoms with Gasteiger partial charge in [0.2, 0.25) is 27.6 Å². The highest BCUT2D eigenvalue weighted by Crippen LogP contribution is 2.31. The fourth-order valence-electron chi connectivity index (χ4n) is 2.55. The van der Waals surface area contributed by atoms with E-state index >= 15 is 0 Å². The second-order valence-electron chi connectivity index (χ2n) is 5.58. The number of thiophene rings is 1. The van der Waals surface area contributed by atoms with Crippen molar-refractivity contribution in [2.75, 3.05) is 19.6 Å². The number of nitrogens with one attached hydrogen (secondary N) is 1. The fourth-order valence-corrected chi connectivity index (χ4v) is 5.04. The zero-order valence-electron chi connectivity index (χ0n) is 13.4. The molecule has 8 nitrogen and oxygen atoms in total. The first-order chi connectivity index (χ1) is 11.4. The molecule has 1 fully saturated rings.